The van der Waals surface area contributed by atoms with Crippen LogP contribution in [-0.2, 0) is 6.42 Å². The summed E-state index contributed by atoms with van der Waals surface area (Å²) in [7, 11) is 1.77. The molecule has 2 aromatic rings. The minimum absolute atomic E-state index is 0.120. The van der Waals surface area contributed by atoms with Gasteiger partial charge >= 0.3 is 0 Å². The highest BCUT2D eigenvalue weighted by molar-refractivity contribution is 7.10. The molecule has 1 N–H and O–H groups in total. The average Bonchev–Trinajstić information content (AvgIpc) is 3.01. The first-order valence-corrected chi connectivity index (χ1v) is 7.13. The molecule has 0 unspecified atom stereocenters. The van der Waals surface area contributed by atoms with Gasteiger partial charge in [0.2, 0.25) is 0 Å². The number of carbonyl (C=O) groups excluding carboxylic acids is 1. The summed E-state index contributed by atoms with van der Waals surface area (Å²) in [5.41, 5.74) is 2.96. The van der Waals surface area contributed by atoms with Crippen LogP contribution in [-0.4, -0.2) is 23.9 Å². The highest BCUT2D eigenvalue weighted by atomic mass is 32.1. The number of nitrogens with zero attached hydrogens (tertiary/aromatic N) is 2. The maximum absolute atomic E-state index is 13.4. The zero-order valence-electron chi connectivity index (χ0n) is 11.2. The van der Waals surface area contributed by atoms with Crippen LogP contribution in [0.4, 0.5) is 15.1 Å². The summed E-state index contributed by atoms with van der Waals surface area (Å²) in [6.07, 6.45) is 0.757. The fourth-order valence-corrected chi connectivity index (χ4v) is 3.23. The number of rotatable bonds is 2. The van der Waals surface area contributed by atoms with Gasteiger partial charge in [-0.05, 0) is 42.6 Å². The quantitative estimate of drug-likeness (QED) is 0.925. The van der Waals surface area contributed by atoms with Crippen LogP contribution in [0.3, 0.4) is 0 Å². The first kappa shape index (κ1) is 13.1. The van der Waals surface area contributed by atoms with Gasteiger partial charge in [-0.2, -0.15) is 4.37 Å². The Morgan fingerprint density at radius 1 is 1.50 bits per heavy atom. The van der Waals surface area contributed by atoms with Crippen molar-refractivity contribution in [2.45, 2.75) is 13.3 Å². The molecule has 0 atom stereocenters. The van der Waals surface area contributed by atoms with Crippen molar-refractivity contribution in [1.29, 1.82) is 0 Å². The third-order valence-electron chi connectivity index (χ3n) is 3.49. The zero-order valence-corrected chi connectivity index (χ0v) is 12.1. The second-order valence-corrected chi connectivity index (χ2v) is 5.48. The van der Waals surface area contributed by atoms with Gasteiger partial charge in [0.1, 0.15) is 10.8 Å². The summed E-state index contributed by atoms with van der Waals surface area (Å²) in [5, 5.41) is 3.74. The number of fused-ring (bicyclic) bond motifs is 1. The standard InChI is InChI=1S/C14H14FN3OS/c1-8-12(13(16-2)20-17-8)14(19)18-6-5-9-3-4-10(15)7-11(9)18/h3-4,7,16H,5-6H2,1-2H3. The predicted molar refractivity (Wildman–Crippen MR) is 78.2 cm³/mol. The molecule has 1 aliphatic rings. The Balaban J connectivity index is 2.01. The van der Waals surface area contributed by atoms with Crippen LogP contribution >= 0.6 is 11.5 Å². The van der Waals surface area contributed by atoms with E-state index >= 15 is 0 Å². The number of aromatic nitrogens is 1. The third-order valence-corrected chi connectivity index (χ3v) is 4.45. The molecule has 0 aliphatic carbocycles. The minimum atomic E-state index is -0.322. The maximum Gasteiger partial charge on any atom is 0.263 e. The molecule has 0 spiro atoms. The maximum atomic E-state index is 13.4. The number of hydrogen-bond donors (Lipinski definition) is 1. The lowest BCUT2D eigenvalue weighted by molar-refractivity contribution is 0.0989. The van der Waals surface area contributed by atoms with E-state index in [0.29, 0.717) is 23.5 Å². The summed E-state index contributed by atoms with van der Waals surface area (Å²) in [6.45, 7) is 2.39. The first-order chi connectivity index (χ1) is 9.61. The number of anilines is 2. The van der Waals surface area contributed by atoms with Gasteiger partial charge in [-0.15, -0.1) is 0 Å². The van der Waals surface area contributed by atoms with Crippen LogP contribution < -0.4 is 10.2 Å². The van der Waals surface area contributed by atoms with Crippen LogP contribution in [0, 0.1) is 12.7 Å². The molecule has 0 saturated heterocycles. The number of amides is 1. The normalized spacial score (nSPS) is 13.4. The van der Waals surface area contributed by atoms with Crippen molar-refractivity contribution in [2.24, 2.45) is 0 Å². The fraction of sp³-hybridized carbons (Fsp3) is 0.286. The molecule has 1 aromatic carbocycles. The van der Waals surface area contributed by atoms with Crippen molar-refractivity contribution in [3.63, 3.8) is 0 Å². The van der Waals surface area contributed by atoms with Crippen LogP contribution in [0.25, 0.3) is 0 Å². The van der Waals surface area contributed by atoms with Crippen molar-refractivity contribution in [1.82, 2.24) is 4.37 Å². The smallest absolute Gasteiger partial charge is 0.263 e. The number of halogens is 1. The second kappa shape index (κ2) is 4.86. The van der Waals surface area contributed by atoms with Crippen molar-refractivity contribution in [3.05, 3.63) is 40.8 Å². The number of hydrogen-bond acceptors (Lipinski definition) is 4. The van der Waals surface area contributed by atoms with E-state index in [-0.39, 0.29) is 11.7 Å². The molecule has 1 aliphatic heterocycles. The number of carbonyl (C=O) groups is 1. The van der Waals surface area contributed by atoms with Crippen LogP contribution in [0.5, 0.6) is 0 Å². The molecule has 0 saturated carbocycles. The molecule has 1 amide bonds. The number of aryl methyl sites for hydroxylation is 1. The molecular weight excluding hydrogens is 277 g/mol. The Labute approximate surface area is 120 Å². The summed E-state index contributed by atoms with van der Waals surface area (Å²) < 4.78 is 17.6. The highest BCUT2D eigenvalue weighted by Crippen LogP contribution is 2.33. The van der Waals surface area contributed by atoms with E-state index in [1.807, 2.05) is 6.92 Å². The third kappa shape index (κ3) is 1.96. The van der Waals surface area contributed by atoms with Crippen LogP contribution in [0.2, 0.25) is 0 Å². The van der Waals surface area contributed by atoms with Gasteiger partial charge in [0.25, 0.3) is 5.91 Å². The fourth-order valence-electron chi connectivity index (χ4n) is 2.49. The lowest BCUT2D eigenvalue weighted by atomic mass is 10.1. The summed E-state index contributed by atoms with van der Waals surface area (Å²) in [4.78, 5) is 14.3. The largest absolute Gasteiger partial charge is 0.378 e. The van der Waals surface area contributed by atoms with E-state index in [9.17, 15) is 9.18 Å². The van der Waals surface area contributed by atoms with Gasteiger partial charge in [0, 0.05) is 13.6 Å². The van der Waals surface area contributed by atoms with Gasteiger partial charge in [-0.3, -0.25) is 4.79 Å². The molecule has 2 heterocycles. The Kier molecular flexibility index (Phi) is 3.17. The molecule has 1 aromatic heterocycles. The van der Waals surface area contributed by atoms with E-state index in [1.165, 1.54) is 23.7 Å². The van der Waals surface area contributed by atoms with E-state index in [1.54, 1.807) is 18.0 Å². The van der Waals surface area contributed by atoms with E-state index in [2.05, 4.69) is 9.69 Å². The topological polar surface area (TPSA) is 45.2 Å². The highest BCUT2D eigenvalue weighted by Gasteiger charge is 2.29. The van der Waals surface area contributed by atoms with Crippen molar-refractivity contribution in [3.8, 4) is 0 Å². The van der Waals surface area contributed by atoms with E-state index in [0.717, 1.165) is 17.0 Å². The van der Waals surface area contributed by atoms with E-state index < -0.39 is 0 Å². The Hall–Kier alpha value is -1.95. The van der Waals surface area contributed by atoms with E-state index in [4.69, 9.17) is 0 Å². The van der Waals surface area contributed by atoms with Crippen molar-refractivity contribution >= 4 is 28.1 Å². The molecule has 6 heteroatoms. The average molecular weight is 291 g/mol. The molecule has 20 heavy (non-hydrogen) atoms. The lowest BCUT2D eigenvalue weighted by Crippen LogP contribution is -2.29. The summed E-state index contributed by atoms with van der Waals surface area (Å²) in [6, 6.07) is 4.60. The van der Waals surface area contributed by atoms with Gasteiger partial charge in [0.05, 0.1) is 16.9 Å². The molecule has 4 nitrogen and oxygen atoms in total. The van der Waals surface area contributed by atoms with Gasteiger partial charge in [-0.1, -0.05) is 6.07 Å². The summed E-state index contributed by atoms with van der Waals surface area (Å²) >= 11 is 1.27. The Morgan fingerprint density at radius 3 is 3.05 bits per heavy atom. The van der Waals surface area contributed by atoms with Crippen LogP contribution in [0.15, 0.2) is 18.2 Å². The lowest BCUT2D eigenvalue weighted by Gasteiger charge is -2.17. The van der Waals surface area contributed by atoms with Gasteiger partial charge < -0.3 is 10.2 Å². The zero-order chi connectivity index (χ0) is 14.3. The molecule has 0 radical (unpaired) electrons. The van der Waals surface area contributed by atoms with Gasteiger partial charge in [-0.25, -0.2) is 4.39 Å². The number of benzene rings is 1. The Bertz CT molecular complexity index is 683. The number of nitrogens with one attached hydrogen (secondary N) is 1. The van der Waals surface area contributed by atoms with Crippen molar-refractivity contribution < 1.29 is 9.18 Å². The predicted octanol–water partition coefficient (Wildman–Crippen LogP) is 2.84. The first-order valence-electron chi connectivity index (χ1n) is 6.36. The van der Waals surface area contributed by atoms with Crippen LogP contribution in [0.1, 0.15) is 21.6 Å². The second-order valence-electron chi connectivity index (χ2n) is 4.70. The van der Waals surface area contributed by atoms with Gasteiger partial charge in [0.15, 0.2) is 0 Å². The molecule has 3 rings (SSSR count). The molecular formula is C14H14FN3OS. The molecule has 0 bridgehead atoms. The Morgan fingerprint density at radius 2 is 2.30 bits per heavy atom. The monoisotopic (exact) mass is 291 g/mol. The molecule has 0 fully saturated rings. The van der Waals surface area contributed by atoms with Crippen molar-refractivity contribution in [2.75, 3.05) is 23.8 Å². The SMILES string of the molecule is CNc1snc(C)c1C(=O)N1CCc2ccc(F)cc21. The molecule has 104 valence electrons. The summed E-state index contributed by atoms with van der Waals surface area (Å²) in [5.74, 6) is -0.442. The minimum Gasteiger partial charge on any atom is -0.378 e.